The van der Waals surface area contributed by atoms with Crippen molar-refractivity contribution in [2.24, 2.45) is 0 Å². The maximum Gasteiger partial charge on any atom is 0.241 e. The van der Waals surface area contributed by atoms with E-state index < -0.39 is 22.0 Å². The summed E-state index contributed by atoms with van der Waals surface area (Å²) in [6, 6.07) is 11.5. The number of benzene rings is 2. The average molecular weight is 451 g/mol. The molecule has 1 atom stereocenters. The number of ether oxygens (including phenoxy) is 3. The van der Waals surface area contributed by atoms with E-state index in [1.165, 1.54) is 7.11 Å². The lowest BCUT2D eigenvalue weighted by molar-refractivity contribution is -0.120. The van der Waals surface area contributed by atoms with Crippen molar-refractivity contribution in [1.29, 1.82) is 0 Å². The van der Waals surface area contributed by atoms with Crippen LogP contribution in [0.15, 0.2) is 42.5 Å². The molecule has 0 radical (unpaired) electrons. The van der Waals surface area contributed by atoms with Gasteiger partial charge in [0.25, 0.3) is 0 Å². The minimum Gasteiger partial charge on any atom is -0.497 e. The van der Waals surface area contributed by atoms with Gasteiger partial charge in [0.15, 0.2) is 0 Å². The summed E-state index contributed by atoms with van der Waals surface area (Å²) in [5.41, 5.74) is 1.07. The lowest BCUT2D eigenvalue weighted by Crippen LogP contribution is -2.41. The van der Waals surface area contributed by atoms with Gasteiger partial charge in [-0.05, 0) is 51.1 Å². The van der Waals surface area contributed by atoms with Crippen LogP contribution in [-0.4, -0.2) is 47.4 Å². The van der Waals surface area contributed by atoms with E-state index in [-0.39, 0.29) is 12.6 Å². The number of hydrogen-bond acceptors (Lipinski definition) is 6. The number of carbonyl (C=O) groups is 1. The number of methoxy groups -OCH3 is 2. The Kier molecular flexibility index (Phi) is 8.15. The first-order chi connectivity index (χ1) is 14.5. The number of nitrogens with zero attached hydrogens (tertiary/aromatic N) is 1. The van der Waals surface area contributed by atoms with Crippen LogP contribution in [0.5, 0.6) is 17.2 Å². The second kappa shape index (κ2) is 10.4. The highest BCUT2D eigenvalue weighted by atomic mass is 32.2. The second-order valence-electron chi connectivity index (χ2n) is 7.33. The van der Waals surface area contributed by atoms with Crippen LogP contribution in [0.25, 0.3) is 0 Å². The van der Waals surface area contributed by atoms with Crippen LogP contribution in [0.1, 0.15) is 32.4 Å². The quantitative estimate of drug-likeness (QED) is 0.598. The molecule has 0 fully saturated rings. The Morgan fingerprint density at radius 3 is 2.32 bits per heavy atom. The highest BCUT2D eigenvalue weighted by molar-refractivity contribution is 7.92. The van der Waals surface area contributed by atoms with E-state index in [0.29, 0.717) is 28.5 Å². The molecule has 1 amide bonds. The van der Waals surface area contributed by atoms with Crippen molar-refractivity contribution in [2.75, 3.05) is 31.3 Å². The van der Waals surface area contributed by atoms with E-state index in [1.807, 2.05) is 13.8 Å². The smallest absolute Gasteiger partial charge is 0.241 e. The third-order valence-corrected chi connectivity index (χ3v) is 5.59. The number of anilines is 1. The molecule has 0 saturated carbocycles. The summed E-state index contributed by atoms with van der Waals surface area (Å²) in [6.07, 6.45) is 0.994. The van der Waals surface area contributed by atoms with Crippen LogP contribution in [0, 0.1) is 0 Å². The van der Waals surface area contributed by atoms with Gasteiger partial charge in [-0.1, -0.05) is 6.07 Å². The largest absolute Gasteiger partial charge is 0.497 e. The maximum absolute atomic E-state index is 12.8. The summed E-state index contributed by atoms with van der Waals surface area (Å²) in [4.78, 5) is 12.8. The van der Waals surface area contributed by atoms with E-state index in [4.69, 9.17) is 14.2 Å². The summed E-state index contributed by atoms with van der Waals surface area (Å²) in [5, 5.41) is 2.83. The van der Waals surface area contributed by atoms with Gasteiger partial charge in [0, 0.05) is 11.6 Å². The zero-order valence-corrected chi connectivity index (χ0v) is 19.5. The molecule has 2 aromatic rings. The molecule has 0 bridgehead atoms. The van der Waals surface area contributed by atoms with Crippen LogP contribution in [-0.2, 0) is 14.8 Å². The number of nitrogens with one attached hydrogen (secondary N) is 1. The van der Waals surface area contributed by atoms with Gasteiger partial charge in [-0.2, -0.15) is 0 Å². The third kappa shape index (κ3) is 6.78. The molecule has 2 aromatic carbocycles. The molecule has 170 valence electrons. The minimum absolute atomic E-state index is 0.0658. The number of rotatable bonds is 10. The molecule has 31 heavy (non-hydrogen) atoms. The van der Waals surface area contributed by atoms with Gasteiger partial charge in [-0.25, -0.2) is 8.42 Å². The van der Waals surface area contributed by atoms with Crippen molar-refractivity contribution in [1.82, 2.24) is 5.32 Å². The topological polar surface area (TPSA) is 94.2 Å². The van der Waals surface area contributed by atoms with Crippen molar-refractivity contribution < 1.29 is 27.4 Å². The fourth-order valence-electron chi connectivity index (χ4n) is 3.06. The zero-order valence-electron chi connectivity index (χ0n) is 18.7. The summed E-state index contributed by atoms with van der Waals surface area (Å²) < 4.78 is 42.1. The van der Waals surface area contributed by atoms with Crippen LogP contribution in [0.3, 0.4) is 0 Å². The summed E-state index contributed by atoms with van der Waals surface area (Å²) >= 11 is 0. The SMILES string of the molecule is COc1ccc(OC)c(C(C)NC(=O)CN(c2cccc(OC(C)C)c2)S(C)(=O)=O)c1. The highest BCUT2D eigenvalue weighted by Crippen LogP contribution is 2.29. The van der Waals surface area contributed by atoms with Gasteiger partial charge in [0.1, 0.15) is 23.8 Å². The van der Waals surface area contributed by atoms with Crippen molar-refractivity contribution in [3.8, 4) is 17.2 Å². The van der Waals surface area contributed by atoms with E-state index >= 15 is 0 Å². The van der Waals surface area contributed by atoms with E-state index in [1.54, 1.807) is 56.5 Å². The van der Waals surface area contributed by atoms with Gasteiger partial charge in [0.05, 0.1) is 38.3 Å². The third-order valence-electron chi connectivity index (χ3n) is 4.45. The summed E-state index contributed by atoms with van der Waals surface area (Å²) in [5.74, 6) is 1.28. The number of sulfonamides is 1. The Hall–Kier alpha value is -2.94. The lowest BCUT2D eigenvalue weighted by Gasteiger charge is -2.24. The van der Waals surface area contributed by atoms with Crippen LogP contribution in [0.2, 0.25) is 0 Å². The van der Waals surface area contributed by atoms with Crippen molar-refractivity contribution in [2.45, 2.75) is 32.9 Å². The summed E-state index contributed by atoms with van der Waals surface area (Å²) in [6.45, 7) is 5.17. The zero-order chi connectivity index (χ0) is 23.2. The molecule has 1 unspecified atom stereocenters. The van der Waals surface area contributed by atoms with Crippen molar-refractivity contribution >= 4 is 21.6 Å². The number of hydrogen-bond donors (Lipinski definition) is 1. The Balaban J connectivity index is 2.23. The van der Waals surface area contributed by atoms with Gasteiger partial charge < -0.3 is 19.5 Å². The predicted octanol–water partition coefficient (Wildman–Crippen LogP) is 3.13. The lowest BCUT2D eigenvalue weighted by atomic mass is 10.1. The predicted molar refractivity (Wildman–Crippen MR) is 120 cm³/mol. The molecule has 0 heterocycles. The second-order valence-corrected chi connectivity index (χ2v) is 9.24. The molecule has 1 N–H and O–H groups in total. The molecule has 9 heteroatoms. The fourth-order valence-corrected chi connectivity index (χ4v) is 3.91. The molecule has 8 nitrogen and oxygen atoms in total. The first-order valence-electron chi connectivity index (χ1n) is 9.81. The Labute approximate surface area is 184 Å². The maximum atomic E-state index is 12.8. The summed E-state index contributed by atoms with van der Waals surface area (Å²) in [7, 11) is -0.619. The van der Waals surface area contributed by atoms with Gasteiger partial charge in [-0.15, -0.1) is 0 Å². The molecule has 0 aliphatic heterocycles. The monoisotopic (exact) mass is 450 g/mol. The molecule has 0 aliphatic carbocycles. The van der Waals surface area contributed by atoms with Crippen LogP contribution in [0.4, 0.5) is 5.69 Å². The fraction of sp³-hybridized carbons (Fsp3) is 0.409. The average Bonchev–Trinajstić information content (AvgIpc) is 2.70. The number of carbonyl (C=O) groups excluding carboxylic acids is 1. The van der Waals surface area contributed by atoms with Gasteiger partial charge in [0.2, 0.25) is 15.9 Å². The molecular weight excluding hydrogens is 420 g/mol. The van der Waals surface area contributed by atoms with Crippen molar-refractivity contribution in [3.05, 3.63) is 48.0 Å². The minimum atomic E-state index is -3.71. The van der Waals surface area contributed by atoms with Crippen molar-refractivity contribution in [3.63, 3.8) is 0 Å². The first-order valence-corrected chi connectivity index (χ1v) is 11.7. The van der Waals surface area contributed by atoms with Crippen LogP contribution >= 0.6 is 0 Å². The molecule has 2 rings (SSSR count). The molecule has 0 spiro atoms. The highest BCUT2D eigenvalue weighted by Gasteiger charge is 2.23. The number of amides is 1. The molecule has 0 aliphatic rings. The van der Waals surface area contributed by atoms with E-state index in [2.05, 4.69) is 5.32 Å². The molecule has 0 aromatic heterocycles. The Morgan fingerprint density at radius 2 is 1.74 bits per heavy atom. The molecular formula is C22H30N2O6S. The first kappa shape index (κ1) is 24.3. The Bertz CT molecular complexity index is 1010. The van der Waals surface area contributed by atoms with E-state index in [0.717, 1.165) is 10.6 Å². The van der Waals surface area contributed by atoms with Gasteiger partial charge in [-0.3, -0.25) is 9.10 Å². The van der Waals surface area contributed by atoms with Gasteiger partial charge >= 0.3 is 0 Å². The van der Waals surface area contributed by atoms with E-state index in [9.17, 15) is 13.2 Å². The van der Waals surface area contributed by atoms with Crippen LogP contribution < -0.4 is 23.8 Å². The molecule has 0 saturated heterocycles. The standard InChI is InChI=1S/C22H30N2O6S/c1-15(2)30-19-9-7-8-17(12-19)24(31(6,26)27)14-22(25)23-16(3)20-13-18(28-4)10-11-21(20)29-5/h7-13,15-16H,14H2,1-6H3,(H,23,25). The normalized spacial score (nSPS) is 12.2. The Morgan fingerprint density at radius 1 is 1.03 bits per heavy atom.